The van der Waals surface area contributed by atoms with Crippen LogP contribution in [0.25, 0.3) is 10.9 Å². The third kappa shape index (κ3) is 3.12. The number of anilines is 1. The van der Waals surface area contributed by atoms with E-state index in [0.717, 1.165) is 32.7 Å². The first-order chi connectivity index (χ1) is 11.7. The Hall–Kier alpha value is -1.68. The number of fused-ring (bicyclic) bond motifs is 1. The standard InChI is InChI=1S/C19H19Cl2N3/c20-16-5-4-14(12-17(16)21)13-23-8-10-24(11-9-23)19-3-1-2-18-15(19)6-7-22-18/h1-7,12,22H,8-11,13H2. The molecule has 1 aliphatic heterocycles. The van der Waals surface area contributed by atoms with Crippen LogP contribution in [0.15, 0.2) is 48.7 Å². The third-order valence-electron chi connectivity index (χ3n) is 4.68. The zero-order valence-electron chi connectivity index (χ0n) is 13.3. The fourth-order valence-electron chi connectivity index (χ4n) is 3.39. The largest absolute Gasteiger partial charge is 0.368 e. The van der Waals surface area contributed by atoms with Gasteiger partial charge in [0.15, 0.2) is 0 Å². The van der Waals surface area contributed by atoms with Crippen molar-refractivity contribution in [2.45, 2.75) is 6.54 Å². The Bertz CT molecular complexity index is 851. The van der Waals surface area contributed by atoms with Crippen LogP contribution in [0.2, 0.25) is 10.0 Å². The van der Waals surface area contributed by atoms with E-state index in [-0.39, 0.29) is 0 Å². The summed E-state index contributed by atoms with van der Waals surface area (Å²) in [4.78, 5) is 8.23. The molecular formula is C19H19Cl2N3. The van der Waals surface area contributed by atoms with Gasteiger partial charge >= 0.3 is 0 Å². The van der Waals surface area contributed by atoms with Gasteiger partial charge in [0.25, 0.3) is 0 Å². The molecule has 0 unspecified atom stereocenters. The maximum Gasteiger partial charge on any atom is 0.0595 e. The summed E-state index contributed by atoms with van der Waals surface area (Å²) in [6.07, 6.45) is 2.01. The monoisotopic (exact) mass is 359 g/mol. The number of piperazine rings is 1. The highest BCUT2D eigenvalue weighted by Gasteiger charge is 2.19. The lowest BCUT2D eigenvalue weighted by molar-refractivity contribution is 0.250. The fourth-order valence-corrected chi connectivity index (χ4v) is 3.71. The number of aromatic amines is 1. The summed E-state index contributed by atoms with van der Waals surface area (Å²) in [6.45, 7) is 5.07. The van der Waals surface area contributed by atoms with Crippen LogP contribution in [-0.2, 0) is 6.54 Å². The second-order valence-electron chi connectivity index (χ2n) is 6.23. The van der Waals surface area contributed by atoms with Crippen LogP contribution in [0.3, 0.4) is 0 Å². The third-order valence-corrected chi connectivity index (χ3v) is 5.41. The van der Waals surface area contributed by atoms with Crippen molar-refractivity contribution in [2.24, 2.45) is 0 Å². The van der Waals surface area contributed by atoms with Gasteiger partial charge in [-0.05, 0) is 35.9 Å². The number of halogens is 2. The second kappa shape index (κ2) is 6.67. The number of hydrogen-bond acceptors (Lipinski definition) is 2. The number of nitrogens with zero attached hydrogens (tertiary/aromatic N) is 2. The van der Waals surface area contributed by atoms with Gasteiger partial charge in [0.2, 0.25) is 0 Å². The first kappa shape index (κ1) is 15.8. The molecule has 4 rings (SSSR count). The number of nitrogens with one attached hydrogen (secondary N) is 1. The van der Waals surface area contributed by atoms with Gasteiger partial charge in [0.05, 0.1) is 10.0 Å². The summed E-state index contributed by atoms with van der Waals surface area (Å²) >= 11 is 12.1. The van der Waals surface area contributed by atoms with E-state index in [4.69, 9.17) is 23.2 Å². The molecule has 1 aliphatic rings. The molecule has 0 spiro atoms. The molecule has 1 saturated heterocycles. The van der Waals surface area contributed by atoms with Crippen LogP contribution in [0.1, 0.15) is 5.56 Å². The van der Waals surface area contributed by atoms with Gasteiger partial charge < -0.3 is 9.88 Å². The number of H-pyrrole nitrogens is 1. The minimum absolute atomic E-state index is 0.616. The molecule has 5 heteroatoms. The van der Waals surface area contributed by atoms with E-state index in [1.54, 1.807) is 0 Å². The van der Waals surface area contributed by atoms with E-state index in [1.165, 1.54) is 22.2 Å². The Morgan fingerprint density at radius 3 is 2.54 bits per heavy atom. The Kier molecular flexibility index (Phi) is 4.40. The molecule has 3 nitrogen and oxygen atoms in total. The Morgan fingerprint density at radius 2 is 1.75 bits per heavy atom. The van der Waals surface area contributed by atoms with Crippen LogP contribution < -0.4 is 4.90 Å². The van der Waals surface area contributed by atoms with Gasteiger partial charge in [0, 0.05) is 55.5 Å². The lowest BCUT2D eigenvalue weighted by Gasteiger charge is -2.36. The molecule has 0 amide bonds. The molecule has 0 bridgehead atoms. The topological polar surface area (TPSA) is 22.3 Å². The Balaban J connectivity index is 1.43. The van der Waals surface area contributed by atoms with Crippen LogP contribution in [-0.4, -0.2) is 36.1 Å². The SMILES string of the molecule is Clc1ccc(CN2CCN(c3cccc4[nH]ccc34)CC2)cc1Cl. The van der Waals surface area contributed by atoms with Crippen LogP contribution >= 0.6 is 23.2 Å². The summed E-state index contributed by atoms with van der Waals surface area (Å²) in [5.41, 5.74) is 3.74. The molecule has 3 aromatic rings. The number of aromatic nitrogens is 1. The van der Waals surface area contributed by atoms with Crippen molar-refractivity contribution >= 4 is 39.8 Å². The van der Waals surface area contributed by atoms with Crippen molar-refractivity contribution < 1.29 is 0 Å². The van der Waals surface area contributed by atoms with Gasteiger partial charge in [-0.15, -0.1) is 0 Å². The Morgan fingerprint density at radius 1 is 0.917 bits per heavy atom. The summed E-state index contributed by atoms with van der Waals surface area (Å²) in [7, 11) is 0. The van der Waals surface area contributed by atoms with Gasteiger partial charge in [-0.3, -0.25) is 4.90 Å². The van der Waals surface area contributed by atoms with Crippen molar-refractivity contribution in [2.75, 3.05) is 31.1 Å². The van der Waals surface area contributed by atoms with Crippen LogP contribution in [0.5, 0.6) is 0 Å². The maximum atomic E-state index is 6.12. The normalized spacial score (nSPS) is 16.0. The molecule has 124 valence electrons. The van der Waals surface area contributed by atoms with Crippen LogP contribution in [0.4, 0.5) is 5.69 Å². The zero-order chi connectivity index (χ0) is 16.5. The van der Waals surface area contributed by atoms with Crippen molar-refractivity contribution in [3.63, 3.8) is 0 Å². The molecule has 0 saturated carbocycles. The predicted octanol–water partition coefficient (Wildman–Crippen LogP) is 4.80. The number of hydrogen-bond donors (Lipinski definition) is 1. The minimum Gasteiger partial charge on any atom is -0.368 e. The van der Waals surface area contributed by atoms with E-state index in [2.05, 4.69) is 45.1 Å². The molecule has 1 N–H and O–H groups in total. The van der Waals surface area contributed by atoms with Crippen LogP contribution in [0, 0.1) is 0 Å². The lowest BCUT2D eigenvalue weighted by atomic mass is 10.1. The van der Waals surface area contributed by atoms with E-state index in [0.29, 0.717) is 10.0 Å². The molecule has 0 atom stereocenters. The molecule has 24 heavy (non-hydrogen) atoms. The fraction of sp³-hybridized carbons (Fsp3) is 0.263. The van der Waals surface area contributed by atoms with E-state index >= 15 is 0 Å². The van der Waals surface area contributed by atoms with Crippen molar-refractivity contribution in [3.05, 3.63) is 64.3 Å². The van der Waals surface area contributed by atoms with Gasteiger partial charge in [-0.1, -0.05) is 35.3 Å². The van der Waals surface area contributed by atoms with Crippen molar-refractivity contribution in [1.29, 1.82) is 0 Å². The van der Waals surface area contributed by atoms with E-state index in [1.807, 2.05) is 18.3 Å². The molecule has 1 aromatic heterocycles. The molecule has 0 radical (unpaired) electrons. The first-order valence-electron chi connectivity index (χ1n) is 8.18. The molecule has 2 heterocycles. The highest BCUT2D eigenvalue weighted by Crippen LogP contribution is 2.27. The van der Waals surface area contributed by atoms with Crippen molar-refractivity contribution in [1.82, 2.24) is 9.88 Å². The molecule has 0 aliphatic carbocycles. The predicted molar refractivity (Wildman–Crippen MR) is 102 cm³/mol. The lowest BCUT2D eigenvalue weighted by Crippen LogP contribution is -2.46. The summed E-state index contributed by atoms with van der Waals surface area (Å²) in [5.74, 6) is 0. The Labute approximate surface area is 151 Å². The van der Waals surface area contributed by atoms with Gasteiger partial charge in [-0.2, -0.15) is 0 Å². The highest BCUT2D eigenvalue weighted by atomic mass is 35.5. The smallest absolute Gasteiger partial charge is 0.0595 e. The molecule has 2 aromatic carbocycles. The summed E-state index contributed by atoms with van der Waals surface area (Å²) < 4.78 is 0. The van der Waals surface area contributed by atoms with Gasteiger partial charge in [-0.25, -0.2) is 0 Å². The average molecular weight is 360 g/mol. The van der Waals surface area contributed by atoms with E-state index in [9.17, 15) is 0 Å². The minimum atomic E-state index is 0.616. The second-order valence-corrected chi connectivity index (χ2v) is 7.04. The molecule has 1 fully saturated rings. The van der Waals surface area contributed by atoms with Crippen molar-refractivity contribution in [3.8, 4) is 0 Å². The van der Waals surface area contributed by atoms with Gasteiger partial charge in [0.1, 0.15) is 0 Å². The molecular weight excluding hydrogens is 341 g/mol. The maximum absolute atomic E-state index is 6.12. The summed E-state index contributed by atoms with van der Waals surface area (Å²) in [5, 5.41) is 2.55. The van der Waals surface area contributed by atoms with E-state index < -0.39 is 0 Å². The number of rotatable bonds is 3. The summed E-state index contributed by atoms with van der Waals surface area (Å²) in [6, 6.07) is 14.5. The zero-order valence-corrected chi connectivity index (χ0v) is 14.8. The highest BCUT2D eigenvalue weighted by molar-refractivity contribution is 6.42. The number of benzene rings is 2. The average Bonchev–Trinajstić information content (AvgIpc) is 3.08. The quantitative estimate of drug-likeness (QED) is 0.725. The first-order valence-corrected chi connectivity index (χ1v) is 8.93.